The zero-order chi connectivity index (χ0) is 19.5. The topological polar surface area (TPSA) is 40.6 Å². The molecule has 1 aliphatic heterocycles. The Hall–Kier alpha value is -3.24. The molecule has 0 N–H and O–H groups in total. The van der Waals surface area contributed by atoms with E-state index in [-0.39, 0.29) is 11.8 Å². The molecule has 4 rings (SSSR count). The fourth-order valence-electron chi connectivity index (χ4n) is 3.63. The number of benzene rings is 3. The number of carbonyl (C=O) groups is 2. The van der Waals surface area contributed by atoms with Crippen LogP contribution in [-0.4, -0.2) is 23.3 Å². The van der Waals surface area contributed by atoms with E-state index in [0.717, 1.165) is 18.7 Å². The zero-order valence-electron chi connectivity index (χ0n) is 15.8. The lowest BCUT2D eigenvalue weighted by Crippen LogP contribution is -2.31. The third kappa shape index (κ3) is 3.35. The standard InChI is InChI=1S/C24H22N2O2/c1-2-25(16-18-10-4-3-5-11-18)17-19-12-6-9-15-22(19)26-23(27)20-13-7-8-14-21(20)24(26)28/h3-15H,2,16-17H2,1H3. The highest BCUT2D eigenvalue weighted by atomic mass is 16.2. The summed E-state index contributed by atoms with van der Waals surface area (Å²) in [5.41, 5.74) is 3.82. The van der Waals surface area contributed by atoms with E-state index in [9.17, 15) is 9.59 Å². The summed E-state index contributed by atoms with van der Waals surface area (Å²) in [5.74, 6) is -0.502. The summed E-state index contributed by atoms with van der Waals surface area (Å²) < 4.78 is 0. The SMILES string of the molecule is CCN(Cc1ccccc1)Cc1ccccc1N1C(=O)c2ccccc2C1=O. The Morgan fingerprint density at radius 1 is 0.714 bits per heavy atom. The quantitative estimate of drug-likeness (QED) is 0.600. The summed E-state index contributed by atoms with van der Waals surface area (Å²) in [6, 6.07) is 25.0. The van der Waals surface area contributed by atoms with Gasteiger partial charge in [0, 0.05) is 13.1 Å². The molecule has 3 aromatic rings. The predicted octanol–water partition coefficient (Wildman–Crippen LogP) is 4.51. The number of hydrogen-bond acceptors (Lipinski definition) is 3. The smallest absolute Gasteiger partial charge is 0.266 e. The van der Waals surface area contributed by atoms with Gasteiger partial charge in [0.25, 0.3) is 11.8 Å². The fraction of sp³-hybridized carbons (Fsp3) is 0.167. The van der Waals surface area contributed by atoms with Crippen LogP contribution in [0.3, 0.4) is 0 Å². The maximum Gasteiger partial charge on any atom is 0.266 e. The maximum atomic E-state index is 12.9. The van der Waals surface area contributed by atoms with Crippen molar-refractivity contribution in [1.29, 1.82) is 0 Å². The Morgan fingerprint density at radius 3 is 1.93 bits per heavy atom. The van der Waals surface area contributed by atoms with Gasteiger partial charge in [0.05, 0.1) is 16.8 Å². The Morgan fingerprint density at radius 2 is 1.29 bits per heavy atom. The Balaban J connectivity index is 1.63. The highest BCUT2D eigenvalue weighted by Gasteiger charge is 2.37. The van der Waals surface area contributed by atoms with Gasteiger partial charge in [0.2, 0.25) is 0 Å². The van der Waals surface area contributed by atoms with Crippen LogP contribution in [0.5, 0.6) is 0 Å². The molecule has 2 amide bonds. The number of fused-ring (bicyclic) bond motifs is 1. The van der Waals surface area contributed by atoms with Crippen molar-refractivity contribution in [2.24, 2.45) is 0 Å². The predicted molar refractivity (Wildman–Crippen MR) is 110 cm³/mol. The lowest BCUT2D eigenvalue weighted by atomic mass is 10.1. The molecule has 1 heterocycles. The first-order chi connectivity index (χ1) is 13.7. The third-order valence-corrected chi connectivity index (χ3v) is 5.12. The van der Waals surface area contributed by atoms with Gasteiger partial charge in [0.1, 0.15) is 0 Å². The summed E-state index contributed by atoms with van der Waals surface area (Å²) in [7, 11) is 0. The molecule has 0 unspecified atom stereocenters. The first-order valence-electron chi connectivity index (χ1n) is 9.51. The maximum absolute atomic E-state index is 12.9. The first kappa shape index (κ1) is 18.1. The normalized spacial score (nSPS) is 13.3. The summed E-state index contributed by atoms with van der Waals surface area (Å²) in [6.07, 6.45) is 0. The van der Waals surface area contributed by atoms with Gasteiger partial charge >= 0.3 is 0 Å². The average Bonchev–Trinajstić information content (AvgIpc) is 2.99. The van der Waals surface area contributed by atoms with Crippen molar-refractivity contribution in [2.45, 2.75) is 20.0 Å². The molecule has 0 fully saturated rings. The van der Waals surface area contributed by atoms with Gasteiger partial charge in [-0.3, -0.25) is 14.5 Å². The number of imide groups is 1. The van der Waals surface area contributed by atoms with Crippen LogP contribution < -0.4 is 4.90 Å². The third-order valence-electron chi connectivity index (χ3n) is 5.12. The molecular weight excluding hydrogens is 348 g/mol. The van der Waals surface area contributed by atoms with Crippen LogP contribution in [0.25, 0.3) is 0 Å². The highest BCUT2D eigenvalue weighted by molar-refractivity contribution is 6.34. The van der Waals surface area contributed by atoms with Crippen molar-refractivity contribution < 1.29 is 9.59 Å². The van der Waals surface area contributed by atoms with Crippen LogP contribution in [0.1, 0.15) is 38.8 Å². The molecule has 3 aromatic carbocycles. The van der Waals surface area contributed by atoms with Gasteiger partial charge in [-0.25, -0.2) is 4.90 Å². The number of rotatable bonds is 6. The minimum absolute atomic E-state index is 0.251. The van der Waals surface area contributed by atoms with Crippen LogP contribution in [0, 0.1) is 0 Å². The molecule has 4 heteroatoms. The first-order valence-corrected chi connectivity index (χ1v) is 9.51. The average molecular weight is 370 g/mol. The van der Waals surface area contributed by atoms with E-state index in [1.54, 1.807) is 24.3 Å². The zero-order valence-corrected chi connectivity index (χ0v) is 15.8. The molecule has 0 saturated heterocycles. The molecule has 0 spiro atoms. The largest absolute Gasteiger partial charge is 0.295 e. The van der Waals surface area contributed by atoms with Crippen LogP contribution in [0.2, 0.25) is 0 Å². The van der Waals surface area contributed by atoms with Crippen molar-refractivity contribution >= 4 is 17.5 Å². The van der Waals surface area contributed by atoms with Gasteiger partial charge < -0.3 is 0 Å². The summed E-state index contributed by atoms with van der Waals surface area (Å²) in [5, 5.41) is 0. The van der Waals surface area contributed by atoms with Gasteiger partial charge in [0.15, 0.2) is 0 Å². The van der Waals surface area contributed by atoms with E-state index >= 15 is 0 Å². The van der Waals surface area contributed by atoms with E-state index in [1.807, 2.05) is 42.5 Å². The molecule has 0 atom stereocenters. The fourth-order valence-corrected chi connectivity index (χ4v) is 3.63. The van der Waals surface area contributed by atoms with E-state index in [4.69, 9.17) is 0 Å². The summed E-state index contributed by atoms with van der Waals surface area (Å²) in [6.45, 7) is 4.46. The van der Waals surface area contributed by atoms with E-state index in [0.29, 0.717) is 23.4 Å². The molecule has 0 saturated carbocycles. The lowest BCUT2D eigenvalue weighted by Gasteiger charge is -2.24. The van der Waals surface area contributed by atoms with E-state index in [1.165, 1.54) is 10.5 Å². The number of nitrogens with zero attached hydrogens (tertiary/aromatic N) is 2. The number of para-hydroxylation sites is 1. The van der Waals surface area contributed by atoms with E-state index in [2.05, 4.69) is 24.0 Å². The Bertz CT molecular complexity index is 979. The molecule has 0 aliphatic carbocycles. The summed E-state index contributed by atoms with van der Waals surface area (Å²) >= 11 is 0. The molecule has 4 nitrogen and oxygen atoms in total. The van der Waals surface area contributed by atoms with Crippen LogP contribution in [-0.2, 0) is 13.1 Å². The van der Waals surface area contributed by atoms with Crippen molar-refractivity contribution in [1.82, 2.24) is 4.90 Å². The molecule has 0 aromatic heterocycles. The molecule has 0 radical (unpaired) electrons. The molecule has 140 valence electrons. The molecular formula is C24H22N2O2. The van der Waals surface area contributed by atoms with Gasteiger partial charge in [-0.1, -0.05) is 67.6 Å². The highest BCUT2D eigenvalue weighted by Crippen LogP contribution is 2.31. The second-order valence-electron chi connectivity index (χ2n) is 6.91. The molecule has 28 heavy (non-hydrogen) atoms. The number of anilines is 1. The van der Waals surface area contributed by atoms with Crippen molar-refractivity contribution in [3.05, 3.63) is 101 Å². The van der Waals surface area contributed by atoms with Crippen molar-refractivity contribution in [2.75, 3.05) is 11.4 Å². The number of amides is 2. The van der Waals surface area contributed by atoms with Crippen LogP contribution in [0.4, 0.5) is 5.69 Å². The van der Waals surface area contributed by atoms with Crippen LogP contribution in [0.15, 0.2) is 78.9 Å². The van der Waals surface area contributed by atoms with Gasteiger partial charge in [-0.2, -0.15) is 0 Å². The second-order valence-corrected chi connectivity index (χ2v) is 6.91. The van der Waals surface area contributed by atoms with Crippen molar-refractivity contribution in [3.8, 4) is 0 Å². The van der Waals surface area contributed by atoms with Gasteiger partial charge in [-0.15, -0.1) is 0 Å². The monoisotopic (exact) mass is 370 g/mol. The Kier molecular flexibility index (Phi) is 5.04. The van der Waals surface area contributed by atoms with Crippen molar-refractivity contribution in [3.63, 3.8) is 0 Å². The molecule has 1 aliphatic rings. The van der Waals surface area contributed by atoms with Crippen LogP contribution >= 0.6 is 0 Å². The van der Waals surface area contributed by atoms with Gasteiger partial charge in [-0.05, 0) is 35.9 Å². The minimum Gasteiger partial charge on any atom is -0.295 e. The minimum atomic E-state index is -0.251. The lowest BCUT2D eigenvalue weighted by molar-refractivity contribution is 0.0925. The summed E-state index contributed by atoms with van der Waals surface area (Å²) in [4.78, 5) is 29.4. The molecule has 0 bridgehead atoms. The number of carbonyl (C=O) groups excluding carboxylic acids is 2. The van der Waals surface area contributed by atoms with E-state index < -0.39 is 0 Å². The second kappa shape index (κ2) is 7.79. The number of hydrogen-bond donors (Lipinski definition) is 0. The Labute approximate surface area is 165 Å².